The third kappa shape index (κ3) is 3.34. The minimum absolute atomic E-state index is 0.407. The third-order valence-corrected chi connectivity index (χ3v) is 3.49. The number of piperazine rings is 1. The zero-order chi connectivity index (χ0) is 13.0. The summed E-state index contributed by atoms with van der Waals surface area (Å²) in [7, 11) is 0. The van der Waals surface area contributed by atoms with Crippen LogP contribution < -0.4 is 4.90 Å². The van der Waals surface area contributed by atoms with Crippen LogP contribution in [0, 0.1) is 6.92 Å². The van der Waals surface area contributed by atoms with Crippen molar-refractivity contribution in [1.29, 1.82) is 0 Å². The fourth-order valence-corrected chi connectivity index (χ4v) is 2.28. The van der Waals surface area contributed by atoms with E-state index in [9.17, 15) is 5.11 Å². The van der Waals surface area contributed by atoms with E-state index in [2.05, 4.69) is 47.6 Å². The molecule has 1 aliphatic rings. The molecule has 0 aromatic heterocycles. The van der Waals surface area contributed by atoms with Gasteiger partial charge in [-0.05, 0) is 19.1 Å². The number of hydrogen-bond donors (Lipinski definition) is 1. The molecule has 0 radical (unpaired) electrons. The molecular weight excluding hydrogens is 224 g/mol. The number of hydrogen-bond acceptors (Lipinski definition) is 3. The number of anilines is 1. The zero-order valence-corrected chi connectivity index (χ0v) is 11.0. The van der Waals surface area contributed by atoms with E-state index in [1.54, 1.807) is 6.08 Å². The molecule has 0 amide bonds. The first-order valence-corrected chi connectivity index (χ1v) is 6.53. The molecule has 2 rings (SSSR count). The van der Waals surface area contributed by atoms with Gasteiger partial charge in [-0.25, -0.2) is 0 Å². The fraction of sp³-hybridized carbons (Fsp3) is 0.467. The average molecular weight is 246 g/mol. The second-order valence-electron chi connectivity index (χ2n) is 4.93. The number of β-amino-alcohol motifs (C(OH)–C–C–N with tert-alkyl or cyclic N) is 1. The molecule has 1 saturated heterocycles. The molecule has 0 bridgehead atoms. The van der Waals surface area contributed by atoms with Gasteiger partial charge in [0.15, 0.2) is 0 Å². The van der Waals surface area contributed by atoms with Crippen LogP contribution in [0.1, 0.15) is 5.56 Å². The molecule has 1 aliphatic heterocycles. The second-order valence-corrected chi connectivity index (χ2v) is 4.93. The highest BCUT2D eigenvalue weighted by Crippen LogP contribution is 2.17. The monoisotopic (exact) mass is 246 g/mol. The van der Waals surface area contributed by atoms with Crippen LogP contribution in [0.3, 0.4) is 0 Å². The Morgan fingerprint density at radius 2 is 1.83 bits per heavy atom. The van der Waals surface area contributed by atoms with E-state index in [0.717, 1.165) is 26.2 Å². The van der Waals surface area contributed by atoms with E-state index in [4.69, 9.17) is 0 Å². The Morgan fingerprint density at radius 1 is 1.22 bits per heavy atom. The first kappa shape index (κ1) is 13.1. The maximum atomic E-state index is 9.55. The minimum atomic E-state index is -0.407. The van der Waals surface area contributed by atoms with Gasteiger partial charge in [-0.15, -0.1) is 6.58 Å². The third-order valence-electron chi connectivity index (χ3n) is 3.49. The van der Waals surface area contributed by atoms with Crippen molar-refractivity contribution >= 4 is 5.69 Å². The number of aliphatic hydroxyl groups is 1. The lowest BCUT2D eigenvalue weighted by Crippen LogP contribution is -2.48. The summed E-state index contributed by atoms with van der Waals surface area (Å²) in [4.78, 5) is 4.69. The molecule has 1 N–H and O–H groups in total. The van der Waals surface area contributed by atoms with Crippen molar-refractivity contribution in [2.45, 2.75) is 13.0 Å². The number of nitrogens with zero attached hydrogens (tertiary/aromatic N) is 2. The summed E-state index contributed by atoms with van der Waals surface area (Å²) in [5.41, 5.74) is 2.59. The van der Waals surface area contributed by atoms with Crippen LogP contribution in [0.2, 0.25) is 0 Å². The summed E-state index contributed by atoms with van der Waals surface area (Å²) in [6, 6.07) is 8.68. The molecule has 0 aliphatic carbocycles. The summed E-state index contributed by atoms with van der Waals surface area (Å²) in [5.74, 6) is 0. The van der Waals surface area contributed by atoms with Gasteiger partial charge in [-0.2, -0.15) is 0 Å². The maximum Gasteiger partial charge on any atom is 0.0845 e. The lowest BCUT2D eigenvalue weighted by molar-refractivity contribution is 0.142. The Labute approximate surface area is 109 Å². The van der Waals surface area contributed by atoms with Crippen molar-refractivity contribution < 1.29 is 5.11 Å². The number of aryl methyl sites for hydroxylation is 1. The summed E-state index contributed by atoms with van der Waals surface area (Å²) in [6.45, 7) is 10.5. The van der Waals surface area contributed by atoms with Gasteiger partial charge in [0.25, 0.3) is 0 Å². The van der Waals surface area contributed by atoms with E-state index < -0.39 is 6.10 Å². The predicted molar refractivity (Wildman–Crippen MR) is 76.0 cm³/mol. The molecule has 0 unspecified atom stereocenters. The molecule has 1 heterocycles. The van der Waals surface area contributed by atoms with Crippen LogP contribution in [-0.2, 0) is 0 Å². The van der Waals surface area contributed by atoms with E-state index >= 15 is 0 Å². The predicted octanol–water partition coefficient (Wildman–Crippen LogP) is 1.66. The van der Waals surface area contributed by atoms with Crippen molar-refractivity contribution in [3.8, 4) is 0 Å². The first-order valence-electron chi connectivity index (χ1n) is 6.53. The molecule has 1 atom stereocenters. The van der Waals surface area contributed by atoms with Crippen LogP contribution in [0.25, 0.3) is 0 Å². The van der Waals surface area contributed by atoms with Crippen molar-refractivity contribution in [2.75, 3.05) is 37.6 Å². The number of rotatable bonds is 4. The van der Waals surface area contributed by atoms with Gasteiger partial charge in [-0.3, -0.25) is 4.90 Å². The Kier molecular flexibility index (Phi) is 4.39. The first-order chi connectivity index (χ1) is 8.69. The molecule has 1 aromatic carbocycles. The smallest absolute Gasteiger partial charge is 0.0845 e. The molecule has 98 valence electrons. The summed E-state index contributed by atoms with van der Waals surface area (Å²) >= 11 is 0. The summed E-state index contributed by atoms with van der Waals surface area (Å²) in [5, 5.41) is 9.55. The Morgan fingerprint density at radius 3 is 2.39 bits per heavy atom. The Bertz CT molecular complexity index is 380. The standard InChI is InChI=1S/C15H22N2O/c1-3-15(18)12-16-8-10-17(11-9-16)14-6-4-13(2)5-7-14/h3-7,15,18H,1,8-12H2,2H3/t15-/m1/s1. The van der Waals surface area contributed by atoms with Gasteiger partial charge in [0.05, 0.1) is 6.10 Å². The normalized spacial score (nSPS) is 18.7. The quantitative estimate of drug-likeness (QED) is 0.819. The largest absolute Gasteiger partial charge is 0.388 e. The molecule has 1 fully saturated rings. The highest BCUT2D eigenvalue weighted by atomic mass is 16.3. The van der Waals surface area contributed by atoms with Gasteiger partial charge < -0.3 is 10.0 Å². The highest BCUT2D eigenvalue weighted by Gasteiger charge is 2.18. The van der Waals surface area contributed by atoms with Crippen LogP contribution in [0.4, 0.5) is 5.69 Å². The Hall–Kier alpha value is -1.32. The Balaban J connectivity index is 1.86. The summed E-state index contributed by atoms with van der Waals surface area (Å²) in [6.07, 6.45) is 1.20. The average Bonchev–Trinajstić information content (AvgIpc) is 2.40. The fourth-order valence-electron chi connectivity index (χ4n) is 2.28. The van der Waals surface area contributed by atoms with Crippen LogP contribution in [-0.4, -0.2) is 48.8 Å². The molecule has 1 aromatic rings. The van der Waals surface area contributed by atoms with Crippen molar-refractivity contribution in [3.63, 3.8) is 0 Å². The van der Waals surface area contributed by atoms with Gasteiger partial charge in [-0.1, -0.05) is 23.8 Å². The highest BCUT2D eigenvalue weighted by molar-refractivity contribution is 5.47. The van der Waals surface area contributed by atoms with E-state index in [-0.39, 0.29) is 0 Å². The zero-order valence-electron chi connectivity index (χ0n) is 11.0. The molecule has 18 heavy (non-hydrogen) atoms. The van der Waals surface area contributed by atoms with Crippen LogP contribution in [0.15, 0.2) is 36.9 Å². The molecule has 0 spiro atoms. The second kappa shape index (κ2) is 6.03. The molecule has 3 heteroatoms. The summed E-state index contributed by atoms with van der Waals surface area (Å²) < 4.78 is 0. The lowest BCUT2D eigenvalue weighted by Gasteiger charge is -2.36. The topological polar surface area (TPSA) is 26.7 Å². The van der Waals surface area contributed by atoms with Crippen molar-refractivity contribution in [3.05, 3.63) is 42.5 Å². The molecular formula is C15H22N2O. The van der Waals surface area contributed by atoms with Gasteiger partial charge in [0, 0.05) is 38.4 Å². The van der Waals surface area contributed by atoms with E-state index in [0.29, 0.717) is 6.54 Å². The van der Waals surface area contributed by atoms with Crippen molar-refractivity contribution in [1.82, 2.24) is 4.90 Å². The minimum Gasteiger partial charge on any atom is -0.388 e. The van der Waals surface area contributed by atoms with Crippen LogP contribution >= 0.6 is 0 Å². The van der Waals surface area contributed by atoms with Crippen LogP contribution in [0.5, 0.6) is 0 Å². The van der Waals surface area contributed by atoms with Gasteiger partial charge in [0.1, 0.15) is 0 Å². The molecule has 0 saturated carbocycles. The number of aliphatic hydroxyl groups excluding tert-OH is 1. The number of benzene rings is 1. The molecule has 3 nitrogen and oxygen atoms in total. The van der Waals surface area contributed by atoms with Gasteiger partial charge in [0.2, 0.25) is 0 Å². The maximum absolute atomic E-state index is 9.55. The van der Waals surface area contributed by atoms with E-state index in [1.165, 1.54) is 11.3 Å². The van der Waals surface area contributed by atoms with Gasteiger partial charge >= 0.3 is 0 Å². The SMILES string of the molecule is C=C[C@@H](O)CN1CCN(c2ccc(C)cc2)CC1. The van der Waals surface area contributed by atoms with E-state index in [1.807, 2.05) is 0 Å². The lowest BCUT2D eigenvalue weighted by atomic mass is 10.2. The van der Waals surface area contributed by atoms with Crippen molar-refractivity contribution in [2.24, 2.45) is 0 Å².